The molecule has 1 rings (SSSR count). The number of nitrogens with zero attached hydrogens (tertiary/aromatic N) is 2. The van der Waals surface area contributed by atoms with Gasteiger partial charge in [-0.3, -0.25) is 0 Å². The highest BCUT2D eigenvalue weighted by atomic mass is 15.1. The Kier molecular flexibility index (Phi) is 4.54. The molecule has 0 fully saturated rings. The number of nitrogens with one attached hydrogen (secondary N) is 1. The van der Waals surface area contributed by atoms with E-state index < -0.39 is 0 Å². The van der Waals surface area contributed by atoms with Gasteiger partial charge >= 0.3 is 0 Å². The van der Waals surface area contributed by atoms with E-state index in [9.17, 15) is 0 Å². The molecule has 0 aliphatic heterocycles. The van der Waals surface area contributed by atoms with E-state index in [0.29, 0.717) is 6.04 Å². The number of imidazole rings is 1. The Morgan fingerprint density at radius 2 is 1.94 bits per heavy atom. The molecule has 0 saturated heterocycles. The molecule has 0 aliphatic rings. The van der Waals surface area contributed by atoms with Crippen LogP contribution in [-0.2, 0) is 6.54 Å². The molecular weight excluding hydrogens is 198 g/mol. The summed E-state index contributed by atoms with van der Waals surface area (Å²) in [6.07, 6.45) is 6.25. The highest BCUT2D eigenvalue weighted by Gasteiger charge is 2.13. The van der Waals surface area contributed by atoms with Gasteiger partial charge in [-0.2, -0.15) is 0 Å². The third kappa shape index (κ3) is 3.63. The van der Waals surface area contributed by atoms with Crippen molar-refractivity contribution in [1.29, 1.82) is 0 Å². The summed E-state index contributed by atoms with van der Waals surface area (Å²) < 4.78 is 2.30. The minimum atomic E-state index is 0.156. The first-order valence-electron chi connectivity index (χ1n) is 6.23. The van der Waals surface area contributed by atoms with Crippen LogP contribution >= 0.6 is 0 Å². The zero-order valence-electron chi connectivity index (χ0n) is 11.2. The number of hydrogen-bond donors (Lipinski definition) is 1. The van der Waals surface area contributed by atoms with Gasteiger partial charge in [-0.15, -0.1) is 0 Å². The molecule has 1 heterocycles. The second kappa shape index (κ2) is 5.48. The summed E-state index contributed by atoms with van der Waals surface area (Å²) in [5.74, 6) is 0. The van der Waals surface area contributed by atoms with Crippen LogP contribution < -0.4 is 5.32 Å². The van der Waals surface area contributed by atoms with Crippen molar-refractivity contribution in [2.24, 2.45) is 0 Å². The van der Waals surface area contributed by atoms with E-state index in [-0.39, 0.29) is 5.54 Å². The van der Waals surface area contributed by atoms with Crippen molar-refractivity contribution in [3.63, 3.8) is 0 Å². The Hall–Kier alpha value is -0.830. The fourth-order valence-electron chi connectivity index (χ4n) is 1.84. The first kappa shape index (κ1) is 13.2. The SMILES string of the molecule is CCC(CC)n1cncc1CNC(C)(C)C. The van der Waals surface area contributed by atoms with Crippen LogP contribution in [0.1, 0.15) is 59.2 Å². The summed E-state index contributed by atoms with van der Waals surface area (Å²) in [5, 5.41) is 3.51. The third-order valence-corrected chi connectivity index (χ3v) is 2.88. The van der Waals surface area contributed by atoms with Gasteiger partial charge in [0.25, 0.3) is 0 Å². The molecule has 92 valence electrons. The molecule has 0 spiro atoms. The highest BCUT2D eigenvalue weighted by Crippen LogP contribution is 2.18. The summed E-state index contributed by atoms with van der Waals surface area (Å²) in [7, 11) is 0. The van der Waals surface area contributed by atoms with Crippen molar-refractivity contribution in [2.45, 2.75) is 65.6 Å². The third-order valence-electron chi connectivity index (χ3n) is 2.88. The highest BCUT2D eigenvalue weighted by molar-refractivity contribution is 5.01. The van der Waals surface area contributed by atoms with Crippen LogP contribution in [0.4, 0.5) is 0 Å². The van der Waals surface area contributed by atoms with Crippen molar-refractivity contribution in [2.75, 3.05) is 0 Å². The lowest BCUT2D eigenvalue weighted by atomic mass is 10.1. The lowest BCUT2D eigenvalue weighted by Gasteiger charge is -2.23. The fourth-order valence-corrected chi connectivity index (χ4v) is 1.84. The van der Waals surface area contributed by atoms with Gasteiger partial charge in [0.15, 0.2) is 0 Å². The Morgan fingerprint density at radius 1 is 1.31 bits per heavy atom. The van der Waals surface area contributed by atoms with E-state index in [1.807, 2.05) is 12.5 Å². The number of hydrogen-bond acceptors (Lipinski definition) is 2. The van der Waals surface area contributed by atoms with Gasteiger partial charge in [-0.25, -0.2) is 4.98 Å². The molecule has 3 heteroatoms. The minimum absolute atomic E-state index is 0.156. The van der Waals surface area contributed by atoms with Crippen LogP contribution in [0.25, 0.3) is 0 Å². The zero-order valence-corrected chi connectivity index (χ0v) is 11.2. The standard InChI is InChI=1S/C13H25N3/c1-6-11(7-2)16-10-14-8-12(16)9-15-13(3,4)5/h8,10-11,15H,6-7,9H2,1-5H3. The molecule has 0 radical (unpaired) electrons. The maximum absolute atomic E-state index is 4.26. The number of rotatable bonds is 5. The van der Waals surface area contributed by atoms with E-state index in [1.165, 1.54) is 5.69 Å². The van der Waals surface area contributed by atoms with Gasteiger partial charge in [0.1, 0.15) is 0 Å². The van der Waals surface area contributed by atoms with Gasteiger partial charge < -0.3 is 9.88 Å². The quantitative estimate of drug-likeness (QED) is 0.831. The second-order valence-electron chi connectivity index (χ2n) is 5.37. The molecule has 0 aliphatic carbocycles. The van der Waals surface area contributed by atoms with Crippen LogP contribution in [-0.4, -0.2) is 15.1 Å². The van der Waals surface area contributed by atoms with E-state index >= 15 is 0 Å². The first-order chi connectivity index (χ1) is 7.48. The predicted molar refractivity (Wildman–Crippen MR) is 68.4 cm³/mol. The molecule has 1 N–H and O–H groups in total. The van der Waals surface area contributed by atoms with E-state index in [2.05, 4.69) is 49.5 Å². The molecule has 1 aromatic heterocycles. The summed E-state index contributed by atoms with van der Waals surface area (Å²) in [6.45, 7) is 11.9. The summed E-state index contributed by atoms with van der Waals surface area (Å²) in [4.78, 5) is 4.26. The van der Waals surface area contributed by atoms with E-state index in [0.717, 1.165) is 19.4 Å². The molecule has 16 heavy (non-hydrogen) atoms. The van der Waals surface area contributed by atoms with Crippen LogP contribution in [0.5, 0.6) is 0 Å². The summed E-state index contributed by atoms with van der Waals surface area (Å²) in [6, 6.07) is 0.583. The molecule has 0 aromatic carbocycles. The Labute approximate surface area is 99.3 Å². The molecule has 0 unspecified atom stereocenters. The first-order valence-corrected chi connectivity index (χ1v) is 6.23. The fraction of sp³-hybridized carbons (Fsp3) is 0.769. The largest absolute Gasteiger partial charge is 0.330 e. The average Bonchev–Trinajstić information content (AvgIpc) is 2.64. The van der Waals surface area contributed by atoms with Crippen LogP contribution in [0.2, 0.25) is 0 Å². The van der Waals surface area contributed by atoms with Gasteiger partial charge in [0.05, 0.1) is 12.0 Å². The maximum Gasteiger partial charge on any atom is 0.0951 e. The molecular formula is C13H25N3. The summed E-state index contributed by atoms with van der Waals surface area (Å²) >= 11 is 0. The van der Waals surface area contributed by atoms with Crippen molar-refractivity contribution in [3.8, 4) is 0 Å². The van der Waals surface area contributed by atoms with Gasteiger partial charge in [-0.05, 0) is 33.6 Å². The van der Waals surface area contributed by atoms with Gasteiger partial charge in [-0.1, -0.05) is 13.8 Å². The minimum Gasteiger partial charge on any atom is -0.330 e. The Morgan fingerprint density at radius 3 is 2.44 bits per heavy atom. The molecule has 0 bridgehead atoms. The van der Waals surface area contributed by atoms with Crippen LogP contribution in [0.3, 0.4) is 0 Å². The van der Waals surface area contributed by atoms with Gasteiger partial charge in [0, 0.05) is 24.3 Å². The van der Waals surface area contributed by atoms with Crippen molar-refractivity contribution < 1.29 is 0 Å². The lowest BCUT2D eigenvalue weighted by molar-refractivity contribution is 0.398. The molecule has 3 nitrogen and oxygen atoms in total. The predicted octanol–water partition coefficient (Wildman–Crippen LogP) is 3.13. The molecule has 0 amide bonds. The normalized spacial score (nSPS) is 12.4. The van der Waals surface area contributed by atoms with Crippen LogP contribution in [0.15, 0.2) is 12.5 Å². The van der Waals surface area contributed by atoms with E-state index in [1.54, 1.807) is 0 Å². The smallest absolute Gasteiger partial charge is 0.0951 e. The Balaban J connectivity index is 2.70. The second-order valence-corrected chi connectivity index (χ2v) is 5.37. The molecule has 0 atom stereocenters. The lowest BCUT2D eigenvalue weighted by Crippen LogP contribution is -2.35. The zero-order chi connectivity index (χ0) is 12.2. The average molecular weight is 223 g/mol. The van der Waals surface area contributed by atoms with Crippen molar-refractivity contribution in [3.05, 3.63) is 18.2 Å². The van der Waals surface area contributed by atoms with Crippen LogP contribution in [0, 0.1) is 0 Å². The molecule has 1 aromatic rings. The van der Waals surface area contributed by atoms with Gasteiger partial charge in [0.2, 0.25) is 0 Å². The Bertz CT molecular complexity index is 305. The summed E-state index contributed by atoms with van der Waals surface area (Å²) in [5.41, 5.74) is 1.44. The maximum atomic E-state index is 4.26. The monoisotopic (exact) mass is 223 g/mol. The number of aromatic nitrogens is 2. The topological polar surface area (TPSA) is 29.9 Å². The van der Waals surface area contributed by atoms with Crippen molar-refractivity contribution in [1.82, 2.24) is 14.9 Å². The van der Waals surface area contributed by atoms with E-state index in [4.69, 9.17) is 0 Å². The molecule has 0 saturated carbocycles. The van der Waals surface area contributed by atoms with Crippen molar-refractivity contribution >= 4 is 0 Å².